The van der Waals surface area contributed by atoms with Crippen LogP contribution in [0.2, 0.25) is 0 Å². The molecule has 0 saturated carbocycles. The zero-order chi connectivity index (χ0) is 15.1. The van der Waals surface area contributed by atoms with Crippen LogP contribution in [0.25, 0.3) is 0 Å². The van der Waals surface area contributed by atoms with Crippen LogP contribution < -0.4 is 4.74 Å². The molecule has 0 amide bonds. The normalized spacial score (nSPS) is 24.0. The Morgan fingerprint density at radius 1 is 1.35 bits per heavy atom. The first kappa shape index (κ1) is 15.3. The first-order valence-electron chi connectivity index (χ1n) is 6.96. The van der Waals surface area contributed by atoms with Gasteiger partial charge >= 0.3 is 0 Å². The number of ether oxygens (including phenoxy) is 1. The minimum atomic E-state index is -1.07. The molecule has 2 rings (SSSR count). The van der Waals surface area contributed by atoms with Crippen molar-refractivity contribution in [2.24, 2.45) is 5.41 Å². The minimum Gasteiger partial charge on any atom is -0.493 e. The highest BCUT2D eigenvalue weighted by molar-refractivity contribution is 5.50. The molecule has 1 aliphatic carbocycles. The second-order valence-electron chi connectivity index (χ2n) is 6.59. The van der Waals surface area contributed by atoms with E-state index in [1.807, 2.05) is 32.8 Å². The summed E-state index contributed by atoms with van der Waals surface area (Å²) >= 11 is 0. The van der Waals surface area contributed by atoms with Crippen molar-refractivity contribution in [2.45, 2.75) is 32.3 Å². The number of fused-ring (bicyclic) bond motifs is 1. The van der Waals surface area contributed by atoms with Gasteiger partial charge in [-0.25, -0.2) is 4.39 Å². The van der Waals surface area contributed by atoms with E-state index in [-0.39, 0.29) is 11.2 Å². The summed E-state index contributed by atoms with van der Waals surface area (Å²) in [6, 6.07) is 3.19. The van der Waals surface area contributed by atoms with Gasteiger partial charge in [0, 0.05) is 17.5 Å². The van der Waals surface area contributed by atoms with E-state index in [4.69, 9.17) is 4.74 Å². The van der Waals surface area contributed by atoms with Gasteiger partial charge in [-0.3, -0.25) is 0 Å². The standard InChI is InChI=1S/C16H24FNO2/c1-15(2)10-11-6-7-12(17)14(20-5)13(11)16(15,19)8-9-18(3)4/h6-7,19H,8-10H2,1-5H3. The fraction of sp³-hybridized carbons (Fsp3) is 0.625. The van der Waals surface area contributed by atoms with Gasteiger partial charge in [0.25, 0.3) is 0 Å². The Balaban J connectivity index is 2.55. The summed E-state index contributed by atoms with van der Waals surface area (Å²) in [4.78, 5) is 2.03. The van der Waals surface area contributed by atoms with Gasteiger partial charge in [-0.2, -0.15) is 0 Å². The van der Waals surface area contributed by atoms with E-state index in [0.29, 0.717) is 12.0 Å². The summed E-state index contributed by atoms with van der Waals surface area (Å²) in [5.74, 6) is -0.221. The lowest BCUT2D eigenvalue weighted by molar-refractivity contribution is -0.0710. The molecule has 1 aromatic carbocycles. The molecule has 0 aliphatic heterocycles. The lowest BCUT2D eigenvalue weighted by Gasteiger charge is -2.38. The summed E-state index contributed by atoms with van der Waals surface area (Å²) in [6.45, 7) is 4.79. The van der Waals surface area contributed by atoms with Gasteiger partial charge in [-0.15, -0.1) is 0 Å². The van der Waals surface area contributed by atoms with Crippen LogP contribution in [-0.2, 0) is 12.0 Å². The van der Waals surface area contributed by atoms with E-state index in [1.54, 1.807) is 6.07 Å². The first-order chi connectivity index (χ1) is 9.23. The lowest BCUT2D eigenvalue weighted by Crippen LogP contribution is -2.41. The Labute approximate surface area is 120 Å². The zero-order valence-corrected chi connectivity index (χ0v) is 13.0. The third-order valence-electron chi connectivity index (χ3n) is 4.49. The molecule has 0 radical (unpaired) electrons. The Hall–Kier alpha value is -1.13. The number of hydrogen-bond donors (Lipinski definition) is 1. The average molecular weight is 281 g/mol. The number of hydrogen-bond acceptors (Lipinski definition) is 3. The second-order valence-corrected chi connectivity index (χ2v) is 6.59. The Bertz CT molecular complexity index is 513. The topological polar surface area (TPSA) is 32.7 Å². The van der Waals surface area contributed by atoms with Crippen LogP contribution in [-0.4, -0.2) is 37.8 Å². The van der Waals surface area contributed by atoms with Gasteiger partial charge in [0.05, 0.1) is 7.11 Å². The highest BCUT2D eigenvalue weighted by Gasteiger charge is 2.53. The molecule has 3 nitrogen and oxygen atoms in total. The Morgan fingerprint density at radius 3 is 2.55 bits per heavy atom. The number of methoxy groups -OCH3 is 1. The van der Waals surface area contributed by atoms with Crippen LogP contribution in [0.3, 0.4) is 0 Å². The van der Waals surface area contributed by atoms with Crippen molar-refractivity contribution in [1.82, 2.24) is 4.90 Å². The van der Waals surface area contributed by atoms with Crippen molar-refractivity contribution in [2.75, 3.05) is 27.7 Å². The zero-order valence-electron chi connectivity index (χ0n) is 13.0. The molecular formula is C16H24FNO2. The van der Waals surface area contributed by atoms with E-state index in [1.165, 1.54) is 13.2 Å². The van der Waals surface area contributed by atoms with E-state index in [0.717, 1.165) is 18.5 Å². The van der Waals surface area contributed by atoms with Gasteiger partial charge in [0.15, 0.2) is 11.6 Å². The summed E-state index contributed by atoms with van der Waals surface area (Å²) in [6.07, 6.45) is 1.28. The molecule has 112 valence electrons. The maximum absolute atomic E-state index is 14.0. The Kier molecular flexibility index (Phi) is 3.82. The van der Waals surface area contributed by atoms with Crippen molar-refractivity contribution in [3.63, 3.8) is 0 Å². The molecule has 0 fully saturated rings. The SMILES string of the molecule is COc1c(F)ccc2c1C(O)(CCN(C)C)C(C)(C)C2. The summed E-state index contributed by atoms with van der Waals surface area (Å²) in [7, 11) is 5.39. The molecule has 20 heavy (non-hydrogen) atoms. The van der Waals surface area contributed by atoms with Gasteiger partial charge in [0.1, 0.15) is 5.60 Å². The van der Waals surface area contributed by atoms with Crippen LogP contribution in [0, 0.1) is 11.2 Å². The molecule has 0 aromatic heterocycles. The Morgan fingerprint density at radius 2 is 2.00 bits per heavy atom. The predicted octanol–water partition coefficient (Wildman–Crippen LogP) is 2.56. The highest BCUT2D eigenvalue weighted by Crippen LogP contribution is 2.55. The van der Waals surface area contributed by atoms with Crippen molar-refractivity contribution >= 4 is 0 Å². The van der Waals surface area contributed by atoms with Crippen molar-refractivity contribution in [1.29, 1.82) is 0 Å². The maximum Gasteiger partial charge on any atom is 0.165 e. The highest BCUT2D eigenvalue weighted by atomic mass is 19.1. The lowest BCUT2D eigenvalue weighted by atomic mass is 9.73. The maximum atomic E-state index is 14.0. The third kappa shape index (κ3) is 2.21. The molecular weight excluding hydrogens is 257 g/mol. The largest absolute Gasteiger partial charge is 0.493 e. The minimum absolute atomic E-state index is 0.189. The van der Waals surface area contributed by atoms with Crippen molar-refractivity contribution in [3.05, 3.63) is 29.1 Å². The number of nitrogens with zero attached hydrogens (tertiary/aromatic N) is 1. The van der Waals surface area contributed by atoms with Gasteiger partial charge < -0.3 is 14.7 Å². The summed E-state index contributed by atoms with van der Waals surface area (Å²) in [5, 5.41) is 11.3. The van der Waals surface area contributed by atoms with Gasteiger partial charge in [-0.1, -0.05) is 19.9 Å². The van der Waals surface area contributed by atoms with Crippen LogP contribution in [0.5, 0.6) is 5.75 Å². The van der Waals surface area contributed by atoms with E-state index in [9.17, 15) is 9.50 Å². The van der Waals surface area contributed by atoms with E-state index < -0.39 is 11.4 Å². The molecule has 1 N–H and O–H groups in total. The summed E-state index contributed by atoms with van der Waals surface area (Å²) in [5.41, 5.74) is 0.202. The van der Waals surface area contributed by atoms with Gasteiger partial charge in [-0.05, 0) is 38.6 Å². The van der Waals surface area contributed by atoms with Crippen LogP contribution in [0.15, 0.2) is 12.1 Å². The van der Waals surface area contributed by atoms with Crippen molar-refractivity contribution in [3.8, 4) is 5.75 Å². The fourth-order valence-corrected chi connectivity index (χ4v) is 3.21. The molecule has 0 saturated heterocycles. The number of halogens is 1. The molecule has 1 unspecified atom stereocenters. The molecule has 4 heteroatoms. The van der Waals surface area contributed by atoms with E-state index in [2.05, 4.69) is 0 Å². The first-order valence-corrected chi connectivity index (χ1v) is 6.96. The molecule has 0 spiro atoms. The quantitative estimate of drug-likeness (QED) is 0.920. The molecule has 1 aliphatic rings. The predicted molar refractivity (Wildman–Crippen MR) is 77.5 cm³/mol. The van der Waals surface area contributed by atoms with Crippen molar-refractivity contribution < 1.29 is 14.2 Å². The second kappa shape index (κ2) is 5.01. The number of rotatable bonds is 4. The van der Waals surface area contributed by atoms with Crippen LogP contribution >= 0.6 is 0 Å². The smallest absolute Gasteiger partial charge is 0.165 e. The molecule has 1 aromatic rings. The average Bonchev–Trinajstić information content (AvgIpc) is 2.56. The third-order valence-corrected chi connectivity index (χ3v) is 4.49. The summed E-state index contributed by atoms with van der Waals surface area (Å²) < 4.78 is 19.2. The molecule has 0 heterocycles. The van der Waals surface area contributed by atoms with Gasteiger partial charge in [0.2, 0.25) is 0 Å². The monoisotopic (exact) mass is 281 g/mol. The number of benzene rings is 1. The van der Waals surface area contributed by atoms with Crippen LogP contribution in [0.4, 0.5) is 4.39 Å². The van der Waals surface area contributed by atoms with E-state index >= 15 is 0 Å². The molecule has 0 bridgehead atoms. The van der Waals surface area contributed by atoms with Crippen LogP contribution in [0.1, 0.15) is 31.4 Å². The number of aliphatic hydroxyl groups is 1. The fourth-order valence-electron chi connectivity index (χ4n) is 3.21. The molecule has 1 atom stereocenters.